The van der Waals surface area contributed by atoms with Gasteiger partial charge in [-0.1, -0.05) is 5.16 Å². The smallest absolute Gasteiger partial charge is 0.339 e. The number of carbonyl (C=O) groups is 1. The SMILES string of the molecule is Cc1cc(-c2oc(C)cc2C(=O)O)no1. The van der Waals surface area contributed by atoms with Crippen molar-refractivity contribution in [3.63, 3.8) is 0 Å². The monoisotopic (exact) mass is 207 g/mol. The van der Waals surface area contributed by atoms with Gasteiger partial charge in [0.15, 0.2) is 5.76 Å². The Kier molecular flexibility index (Phi) is 2.07. The van der Waals surface area contributed by atoms with Crippen molar-refractivity contribution in [2.75, 3.05) is 0 Å². The van der Waals surface area contributed by atoms with E-state index in [1.807, 2.05) is 0 Å². The van der Waals surface area contributed by atoms with Gasteiger partial charge in [-0.2, -0.15) is 0 Å². The highest BCUT2D eigenvalue weighted by atomic mass is 16.5. The molecule has 2 rings (SSSR count). The Morgan fingerprint density at radius 2 is 2.07 bits per heavy atom. The minimum absolute atomic E-state index is 0.0980. The van der Waals surface area contributed by atoms with E-state index in [4.69, 9.17) is 14.0 Å². The van der Waals surface area contributed by atoms with Crippen LogP contribution >= 0.6 is 0 Å². The molecule has 2 aromatic rings. The highest BCUT2D eigenvalue weighted by molar-refractivity contribution is 5.94. The lowest BCUT2D eigenvalue weighted by Crippen LogP contribution is -1.95. The molecule has 1 N–H and O–H groups in total. The normalized spacial score (nSPS) is 10.5. The lowest BCUT2D eigenvalue weighted by Gasteiger charge is -1.91. The van der Waals surface area contributed by atoms with E-state index in [2.05, 4.69) is 5.16 Å². The number of rotatable bonds is 2. The van der Waals surface area contributed by atoms with Gasteiger partial charge in [-0.05, 0) is 19.9 Å². The van der Waals surface area contributed by atoms with E-state index in [-0.39, 0.29) is 11.3 Å². The first-order valence-electron chi connectivity index (χ1n) is 4.35. The quantitative estimate of drug-likeness (QED) is 0.817. The Hall–Kier alpha value is -2.04. The summed E-state index contributed by atoms with van der Waals surface area (Å²) in [7, 11) is 0. The second-order valence-electron chi connectivity index (χ2n) is 3.23. The topological polar surface area (TPSA) is 76.5 Å². The van der Waals surface area contributed by atoms with Crippen LogP contribution in [-0.4, -0.2) is 16.2 Å². The van der Waals surface area contributed by atoms with E-state index in [1.165, 1.54) is 6.07 Å². The lowest BCUT2D eigenvalue weighted by molar-refractivity contribution is 0.0697. The van der Waals surface area contributed by atoms with Crippen LogP contribution < -0.4 is 0 Å². The van der Waals surface area contributed by atoms with Gasteiger partial charge in [0.1, 0.15) is 22.8 Å². The van der Waals surface area contributed by atoms with Crippen molar-refractivity contribution < 1.29 is 18.8 Å². The lowest BCUT2D eigenvalue weighted by atomic mass is 10.2. The Morgan fingerprint density at radius 1 is 1.33 bits per heavy atom. The Bertz CT molecular complexity index is 509. The van der Waals surface area contributed by atoms with Crippen LogP contribution in [0, 0.1) is 13.8 Å². The minimum Gasteiger partial charge on any atom is -0.478 e. The maximum absolute atomic E-state index is 10.9. The van der Waals surface area contributed by atoms with Gasteiger partial charge in [0.2, 0.25) is 0 Å². The predicted octanol–water partition coefficient (Wildman–Crippen LogP) is 2.25. The first-order chi connectivity index (χ1) is 7.08. The molecule has 0 aromatic carbocycles. The zero-order valence-corrected chi connectivity index (χ0v) is 8.27. The summed E-state index contributed by atoms with van der Waals surface area (Å²) >= 11 is 0. The van der Waals surface area contributed by atoms with Crippen molar-refractivity contribution in [1.82, 2.24) is 5.16 Å². The van der Waals surface area contributed by atoms with Crippen molar-refractivity contribution in [3.8, 4) is 11.5 Å². The highest BCUT2D eigenvalue weighted by Crippen LogP contribution is 2.26. The molecule has 0 unspecified atom stereocenters. The van der Waals surface area contributed by atoms with Crippen LogP contribution in [0.3, 0.4) is 0 Å². The molecule has 5 heteroatoms. The highest BCUT2D eigenvalue weighted by Gasteiger charge is 2.19. The molecule has 15 heavy (non-hydrogen) atoms. The predicted molar refractivity (Wildman–Crippen MR) is 50.6 cm³/mol. The first-order valence-corrected chi connectivity index (χ1v) is 4.35. The van der Waals surface area contributed by atoms with Gasteiger partial charge in [0, 0.05) is 6.07 Å². The number of aromatic carboxylic acids is 1. The molecule has 2 aromatic heterocycles. The zero-order valence-electron chi connectivity index (χ0n) is 8.27. The standard InChI is InChI=1S/C10H9NO4/c1-5-3-7(10(12)13)9(14-5)8-4-6(2)15-11-8/h3-4H,1-2H3,(H,12,13). The van der Waals surface area contributed by atoms with Crippen molar-refractivity contribution in [3.05, 3.63) is 29.2 Å². The molecular formula is C10H9NO4. The molecule has 0 atom stereocenters. The number of hydrogen-bond donors (Lipinski definition) is 1. The number of aryl methyl sites for hydroxylation is 2. The average Bonchev–Trinajstić information content (AvgIpc) is 2.71. The summed E-state index contributed by atoms with van der Waals surface area (Å²) in [5.41, 5.74) is 0.499. The van der Waals surface area contributed by atoms with Gasteiger partial charge in [-0.25, -0.2) is 4.79 Å². The van der Waals surface area contributed by atoms with Crippen LogP contribution in [0.5, 0.6) is 0 Å². The second-order valence-corrected chi connectivity index (χ2v) is 3.23. The molecule has 0 aliphatic carbocycles. The van der Waals surface area contributed by atoms with Crippen molar-refractivity contribution in [2.45, 2.75) is 13.8 Å². The molecule has 5 nitrogen and oxygen atoms in total. The number of aromatic nitrogens is 1. The molecule has 2 heterocycles. The van der Waals surface area contributed by atoms with Gasteiger partial charge in [-0.15, -0.1) is 0 Å². The van der Waals surface area contributed by atoms with Crippen LogP contribution in [0.4, 0.5) is 0 Å². The maximum Gasteiger partial charge on any atom is 0.339 e. The van der Waals surface area contributed by atoms with Crippen LogP contribution in [0.25, 0.3) is 11.5 Å². The second kappa shape index (κ2) is 3.27. The summed E-state index contributed by atoms with van der Waals surface area (Å²) in [6.45, 7) is 3.41. The Labute approximate surface area is 85.3 Å². The average molecular weight is 207 g/mol. The largest absolute Gasteiger partial charge is 0.478 e. The van der Waals surface area contributed by atoms with E-state index in [9.17, 15) is 4.79 Å². The third-order valence-electron chi connectivity index (χ3n) is 1.95. The molecular weight excluding hydrogens is 198 g/mol. The van der Waals surface area contributed by atoms with Crippen molar-refractivity contribution in [1.29, 1.82) is 0 Å². The fraction of sp³-hybridized carbons (Fsp3) is 0.200. The van der Waals surface area contributed by atoms with E-state index < -0.39 is 5.97 Å². The van der Waals surface area contributed by atoms with E-state index >= 15 is 0 Å². The molecule has 0 bridgehead atoms. The van der Waals surface area contributed by atoms with E-state index in [0.717, 1.165) is 0 Å². The van der Waals surface area contributed by atoms with Gasteiger partial charge >= 0.3 is 5.97 Å². The summed E-state index contributed by atoms with van der Waals surface area (Å²) in [6.07, 6.45) is 0. The molecule has 0 aliphatic heterocycles. The van der Waals surface area contributed by atoms with Crippen molar-refractivity contribution >= 4 is 5.97 Å². The summed E-state index contributed by atoms with van der Waals surface area (Å²) in [5, 5.41) is 12.6. The van der Waals surface area contributed by atoms with Gasteiger partial charge in [-0.3, -0.25) is 0 Å². The number of hydrogen-bond acceptors (Lipinski definition) is 4. The van der Waals surface area contributed by atoms with Gasteiger partial charge in [0.25, 0.3) is 0 Å². The summed E-state index contributed by atoms with van der Waals surface area (Å²) in [4.78, 5) is 10.9. The van der Waals surface area contributed by atoms with E-state index in [0.29, 0.717) is 17.2 Å². The molecule has 0 aliphatic rings. The first kappa shape index (κ1) is 9.51. The number of furan rings is 1. The third kappa shape index (κ3) is 1.63. The molecule has 0 spiro atoms. The minimum atomic E-state index is -1.04. The van der Waals surface area contributed by atoms with Crippen molar-refractivity contribution in [2.24, 2.45) is 0 Å². The summed E-state index contributed by atoms with van der Waals surface area (Å²) < 4.78 is 10.1. The van der Waals surface area contributed by atoms with Gasteiger partial charge in [0.05, 0.1) is 0 Å². The van der Waals surface area contributed by atoms with Crippen LogP contribution in [0.15, 0.2) is 21.1 Å². The van der Waals surface area contributed by atoms with E-state index in [1.54, 1.807) is 19.9 Å². The molecule has 78 valence electrons. The Balaban J connectivity index is 2.56. The molecule has 0 fully saturated rings. The number of carboxylic acids is 1. The van der Waals surface area contributed by atoms with Crippen LogP contribution in [-0.2, 0) is 0 Å². The fourth-order valence-corrected chi connectivity index (χ4v) is 1.34. The number of carboxylic acid groups (broad SMARTS) is 1. The molecule has 0 saturated heterocycles. The maximum atomic E-state index is 10.9. The number of nitrogens with zero attached hydrogens (tertiary/aromatic N) is 1. The molecule has 0 saturated carbocycles. The summed E-state index contributed by atoms with van der Waals surface area (Å²) in [5.74, 6) is 0.331. The zero-order chi connectivity index (χ0) is 11.0. The Morgan fingerprint density at radius 3 is 2.60 bits per heavy atom. The third-order valence-corrected chi connectivity index (χ3v) is 1.95. The van der Waals surface area contributed by atoms with Crippen LogP contribution in [0.2, 0.25) is 0 Å². The summed E-state index contributed by atoms with van der Waals surface area (Å²) in [6, 6.07) is 3.09. The fourth-order valence-electron chi connectivity index (χ4n) is 1.34. The molecule has 0 amide bonds. The molecule has 0 radical (unpaired) electrons. The van der Waals surface area contributed by atoms with Gasteiger partial charge < -0.3 is 14.0 Å². The van der Waals surface area contributed by atoms with Crippen LogP contribution in [0.1, 0.15) is 21.9 Å².